The largest absolute Gasteiger partial charge is 0.506 e. The highest BCUT2D eigenvalue weighted by atomic mass is 19.1. The van der Waals surface area contributed by atoms with Crippen molar-refractivity contribution in [2.45, 2.75) is 26.3 Å². The standard InChI is InChI=1S/C29H27F2N5O3/c1-17(37)33-26-13-19(8-10-27(26)38)28-21-12-20(7-9-25(21)34-35-28)29(39)32-14-18-4-3-11-36(15-18)16-22-23(30)5-2-6-24(22)31/h2,5-10,12-14,38H,3-4,11,15-16H2,1H3,(H,32,39)(H,33,37)(H,34,35)/b18-14-. The first-order valence-electron chi connectivity index (χ1n) is 12.5. The lowest BCUT2D eigenvalue weighted by Crippen LogP contribution is -2.32. The summed E-state index contributed by atoms with van der Waals surface area (Å²) < 4.78 is 28.2. The number of piperidine rings is 1. The number of H-pyrrole nitrogens is 1. The highest BCUT2D eigenvalue weighted by Gasteiger charge is 2.19. The van der Waals surface area contributed by atoms with Gasteiger partial charge >= 0.3 is 0 Å². The second kappa shape index (κ2) is 11.0. The number of nitrogens with zero attached hydrogens (tertiary/aromatic N) is 2. The normalized spacial score (nSPS) is 15.0. The second-order valence-electron chi connectivity index (χ2n) is 9.54. The Labute approximate surface area is 223 Å². The Hall–Kier alpha value is -4.57. The molecule has 1 fully saturated rings. The fraction of sp³-hybridized carbons (Fsp3) is 0.207. The summed E-state index contributed by atoms with van der Waals surface area (Å²) in [5, 5.41) is 23.5. The average molecular weight is 532 g/mol. The van der Waals surface area contributed by atoms with Gasteiger partial charge in [0.05, 0.1) is 16.9 Å². The minimum Gasteiger partial charge on any atom is -0.506 e. The zero-order valence-electron chi connectivity index (χ0n) is 21.2. The summed E-state index contributed by atoms with van der Waals surface area (Å²) in [5.41, 5.74) is 3.62. The molecule has 0 spiro atoms. The van der Waals surface area contributed by atoms with E-state index in [1.54, 1.807) is 36.5 Å². The van der Waals surface area contributed by atoms with Crippen molar-refractivity contribution in [3.8, 4) is 17.0 Å². The average Bonchev–Trinajstić information content (AvgIpc) is 3.34. The van der Waals surface area contributed by atoms with Crippen LogP contribution in [0.2, 0.25) is 0 Å². The van der Waals surface area contributed by atoms with E-state index in [0.29, 0.717) is 35.3 Å². The van der Waals surface area contributed by atoms with Gasteiger partial charge in [0.25, 0.3) is 5.91 Å². The van der Waals surface area contributed by atoms with Crippen molar-refractivity contribution in [2.24, 2.45) is 0 Å². The molecule has 4 N–H and O–H groups in total. The fourth-order valence-corrected chi connectivity index (χ4v) is 4.73. The van der Waals surface area contributed by atoms with Gasteiger partial charge in [0, 0.05) is 48.3 Å². The molecule has 0 saturated carbocycles. The molecule has 1 aliphatic rings. The van der Waals surface area contributed by atoms with E-state index in [1.165, 1.54) is 31.2 Å². The molecule has 2 amide bonds. The number of anilines is 1. The van der Waals surface area contributed by atoms with Gasteiger partial charge in [0.15, 0.2) is 0 Å². The van der Waals surface area contributed by atoms with Crippen LogP contribution in [0.5, 0.6) is 5.75 Å². The molecule has 1 aliphatic heterocycles. The molecule has 1 saturated heterocycles. The summed E-state index contributed by atoms with van der Waals surface area (Å²) in [6.45, 7) is 2.71. The highest BCUT2D eigenvalue weighted by molar-refractivity contribution is 6.02. The number of hydrogen-bond acceptors (Lipinski definition) is 5. The van der Waals surface area contributed by atoms with Gasteiger partial charge in [-0.15, -0.1) is 0 Å². The molecule has 5 rings (SSSR count). The number of aromatic amines is 1. The number of nitrogens with one attached hydrogen (secondary N) is 3. The van der Waals surface area contributed by atoms with E-state index in [2.05, 4.69) is 20.8 Å². The van der Waals surface area contributed by atoms with Gasteiger partial charge in [-0.05, 0) is 73.5 Å². The van der Waals surface area contributed by atoms with Gasteiger partial charge in [-0.3, -0.25) is 19.6 Å². The summed E-state index contributed by atoms with van der Waals surface area (Å²) in [7, 11) is 0. The molecule has 1 aromatic heterocycles. The third-order valence-corrected chi connectivity index (χ3v) is 6.66. The monoisotopic (exact) mass is 531 g/mol. The zero-order chi connectivity index (χ0) is 27.5. The maximum Gasteiger partial charge on any atom is 0.255 e. The van der Waals surface area contributed by atoms with Gasteiger partial charge in [0.2, 0.25) is 5.91 Å². The lowest BCUT2D eigenvalue weighted by atomic mass is 10.0. The Morgan fingerprint density at radius 3 is 2.69 bits per heavy atom. The van der Waals surface area contributed by atoms with Crippen molar-refractivity contribution in [3.63, 3.8) is 0 Å². The van der Waals surface area contributed by atoms with E-state index in [1.807, 2.05) is 4.90 Å². The molecule has 0 atom stereocenters. The van der Waals surface area contributed by atoms with Crippen molar-refractivity contribution in [1.82, 2.24) is 20.4 Å². The quantitative estimate of drug-likeness (QED) is 0.259. The maximum atomic E-state index is 14.1. The third kappa shape index (κ3) is 5.80. The molecule has 0 radical (unpaired) electrons. The number of phenols is 1. The van der Waals surface area contributed by atoms with Gasteiger partial charge in [0.1, 0.15) is 17.4 Å². The number of benzene rings is 3. The van der Waals surface area contributed by atoms with Gasteiger partial charge < -0.3 is 15.7 Å². The Morgan fingerprint density at radius 2 is 1.92 bits per heavy atom. The molecule has 0 aliphatic carbocycles. The number of aromatic hydroxyl groups is 1. The lowest BCUT2D eigenvalue weighted by Gasteiger charge is -2.28. The minimum absolute atomic E-state index is 0.0461. The number of fused-ring (bicyclic) bond motifs is 1. The number of rotatable bonds is 6. The van der Waals surface area contributed by atoms with Gasteiger partial charge in [-0.25, -0.2) is 8.78 Å². The molecule has 0 unspecified atom stereocenters. The molecule has 2 heterocycles. The number of amides is 2. The first-order chi connectivity index (χ1) is 18.8. The number of likely N-dealkylation sites (tertiary alicyclic amines) is 1. The topological polar surface area (TPSA) is 110 Å². The minimum atomic E-state index is -0.563. The van der Waals surface area contributed by atoms with Crippen LogP contribution in [0, 0.1) is 11.6 Å². The van der Waals surface area contributed by atoms with Crippen LogP contribution >= 0.6 is 0 Å². The molecule has 0 bridgehead atoms. The number of carbonyl (C=O) groups excluding carboxylic acids is 2. The van der Waals surface area contributed by atoms with E-state index in [4.69, 9.17) is 0 Å². The maximum absolute atomic E-state index is 14.1. The molecule has 39 heavy (non-hydrogen) atoms. The third-order valence-electron chi connectivity index (χ3n) is 6.66. The zero-order valence-corrected chi connectivity index (χ0v) is 21.2. The fourth-order valence-electron chi connectivity index (χ4n) is 4.73. The number of phenolic OH excluding ortho intramolecular Hbond substituents is 1. The predicted molar refractivity (Wildman–Crippen MR) is 144 cm³/mol. The van der Waals surface area contributed by atoms with E-state index in [-0.39, 0.29) is 35.4 Å². The summed E-state index contributed by atoms with van der Waals surface area (Å²) >= 11 is 0. The summed E-state index contributed by atoms with van der Waals surface area (Å²) in [6.07, 6.45) is 3.26. The Bertz CT molecular complexity index is 1580. The van der Waals surface area contributed by atoms with Crippen LogP contribution in [0.1, 0.15) is 35.7 Å². The van der Waals surface area contributed by atoms with Crippen LogP contribution in [0.3, 0.4) is 0 Å². The Morgan fingerprint density at radius 1 is 1.13 bits per heavy atom. The van der Waals surface area contributed by atoms with E-state index in [0.717, 1.165) is 23.9 Å². The number of hydrogen-bond donors (Lipinski definition) is 4. The van der Waals surface area contributed by atoms with E-state index >= 15 is 0 Å². The van der Waals surface area contributed by atoms with Crippen molar-refractivity contribution in [3.05, 3.63) is 89.1 Å². The smallest absolute Gasteiger partial charge is 0.255 e. The lowest BCUT2D eigenvalue weighted by molar-refractivity contribution is -0.114. The first-order valence-corrected chi connectivity index (χ1v) is 12.5. The Kier molecular flexibility index (Phi) is 7.38. The van der Waals surface area contributed by atoms with Crippen LogP contribution in [0.4, 0.5) is 14.5 Å². The number of aromatic nitrogens is 2. The summed E-state index contributed by atoms with van der Waals surface area (Å²) in [4.78, 5) is 26.4. The number of halogens is 2. The summed E-state index contributed by atoms with van der Waals surface area (Å²) in [6, 6.07) is 13.8. The molecule has 10 heteroatoms. The van der Waals surface area contributed by atoms with Crippen LogP contribution < -0.4 is 10.6 Å². The molecule has 200 valence electrons. The Balaban J connectivity index is 1.31. The van der Waals surface area contributed by atoms with Crippen molar-refractivity contribution < 1.29 is 23.5 Å². The SMILES string of the molecule is CC(=O)Nc1cc(-c2n[nH]c3ccc(C(=O)N/C=C4/CCCN(Cc5c(F)cccc5F)C4)cc23)ccc1O. The molecular weight excluding hydrogens is 504 g/mol. The second-order valence-corrected chi connectivity index (χ2v) is 9.54. The highest BCUT2D eigenvalue weighted by Crippen LogP contribution is 2.33. The first kappa shape index (κ1) is 26.1. The van der Waals surface area contributed by atoms with Crippen molar-refractivity contribution in [1.29, 1.82) is 0 Å². The molecular formula is C29H27F2N5O3. The van der Waals surface area contributed by atoms with E-state index < -0.39 is 11.6 Å². The van der Waals surface area contributed by atoms with Gasteiger partial charge in [-0.2, -0.15) is 5.10 Å². The van der Waals surface area contributed by atoms with Crippen LogP contribution in [-0.4, -0.2) is 45.1 Å². The van der Waals surface area contributed by atoms with Crippen LogP contribution in [-0.2, 0) is 11.3 Å². The molecule has 8 nitrogen and oxygen atoms in total. The predicted octanol–water partition coefficient (Wildman–Crippen LogP) is 5.08. The van der Waals surface area contributed by atoms with E-state index in [9.17, 15) is 23.5 Å². The van der Waals surface area contributed by atoms with Crippen LogP contribution in [0.15, 0.2) is 66.4 Å². The van der Waals surface area contributed by atoms with Crippen molar-refractivity contribution >= 4 is 28.4 Å². The summed E-state index contributed by atoms with van der Waals surface area (Å²) in [5.74, 6) is -1.82. The molecule has 3 aromatic carbocycles. The molecule has 4 aromatic rings. The van der Waals surface area contributed by atoms with Gasteiger partial charge in [-0.1, -0.05) is 6.07 Å². The number of carbonyl (C=O) groups is 2. The van der Waals surface area contributed by atoms with Crippen molar-refractivity contribution in [2.75, 3.05) is 18.4 Å². The van der Waals surface area contributed by atoms with Crippen LogP contribution in [0.25, 0.3) is 22.2 Å².